The molecule has 0 bridgehead atoms. The van der Waals surface area contributed by atoms with Crippen molar-refractivity contribution in [3.8, 4) is 10.6 Å². The number of nitrogens with one attached hydrogen (secondary N) is 1. The molecule has 0 radical (unpaired) electrons. The van der Waals surface area contributed by atoms with Gasteiger partial charge in [-0.2, -0.15) is 10.2 Å². The summed E-state index contributed by atoms with van der Waals surface area (Å²) in [6, 6.07) is 6.44. The molecule has 0 amide bonds. The monoisotopic (exact) mass is 289 g/mol. The number of nitrogens with zero attached hydrogens (tertiary/aromatic N) is 4. The number of hydrogen-bond acceptors (Lipinski definition) is 4. The Kier molecular flexibility index (Phi) is 3.27. The lowest BCUT2D eigenvalue weighted by Crippen LogP contribution is -2.16. The molecule has 3 aromatic heterocycles. The van der Waals surface area contributed by atoms with Gasteiger partial charge in [-0.1, -0.05) is 0 Å². The molecule has 3 aromatic rings. The van der Waals surface area contributed by atoms with Crippen molar-refractivity contribution < 1.29 is 0 Å². The van der Waals surface area contributed by atoms with Gasteiger partial charge in [0.05, 0.1) is 17.1 Å². The summed E-state index contributed by atoms with van der Waals surface area (Å²) in [5.41, 5.74) is 0.919. The maximum Gasteiger partial charge on any atom is 0.343 e. The zero-order valence-corrected chi connectivity index (χ0v) is 12.1. The van der Waals surface area contributed by atoms with Crippen molar-refractivity contribution in [2.75, 3.05) is 0 Å². The van der Waals surface area contributed by atoms with E-state index in [2.05, 4.69) is 35.2 Å². The Morgan fingerprint density at radius 3 is 2.90 bits per heavy atom. The van der Waals surface area contributed by atoms with E-state index in [0.29, 0.717) is 12.6 Å². The Balaban J connectivity index is 1.89. The maximum absolute atomic E-state index is 11.4. The summed E-state index contributed by atoms with van der Waals surface area (Å²) in [5.74, 6) is 0. The highest BCUT2D eigenvalue weighted by atomic mass is 32.1. The number of aromatic nitrogens is 5. The van der Waals surface area contributed by atoms with Gasteiger partial charge in [0.25, 0.3) is 0 Å². The third-order valence-electron chi connectivity index (χ3n) is 3.02. The van der Waals surface area contributed by atoms with E-state index in [1.165, 1.54) is 6.33 Å². The molecular weight excluding hydrogens is 274 g/mol. The van der Waals surface area contributed by atoms with Crippen molar-refractivity contribution in [1.29, 1.82) is 0 Å². The third-order valence-corrected chi connectivity index (χ3v) is 4.11. The van der Waals surface area contributed by atoms with Gasteiger partial charge in [0.2, 0.25) is 0 Å². The van der Waals surface area contributed by atoms with Crippen LogP contribution in [0.4, 0.5) is 0 Å². The highest BCUT2D eigenvalue weighted by Crippen LogP contribution is 2.29. The Bertz CT molecular complexity index is 763. The van der Waals surface area contributed by atoms with E-state index in [4.69, 9.17) is 0 Å². The largest absolute Gasteiger partial charge is 0.343 e. The third kappa shape index (κ3) is 2.32. The summed E-state index contributed by atoms with van der Waals surface area (Å²) in [7, 11) is 0. The van der Waals surface area contributed by atoms with E-state index in [9.17, 15) is 4.79 Å². The standard InChI is InChI=1S/C13H15N5OS/c1-9(2)18-11(5-6-15-18)12-4-3-10(20-12)7-17-8-14-16-13(17)19/h3-6,8-9H,7H2,1-2H3,(H,16,19). The Morgan fingerprint density at radius 2 is 2.20 bits per heavy atom. The van der Waals surface area contributed by atoms with Crippen molar-refractivity contribution in [3.63, 3.8) is 0 Å². The molecule has 0 fully saturated rings. The van der Waals surface area contributed by atoms with Crippen LogP contribution in [0.25, 0.3) is 10.6 Å². The van der Waals surface area contributed by atoms with E-state index in [1.54, 1.807) is 15.9 Å². The zero-order valence-electron chi connectivity index (χ0n) is 11.3. The summed E-state index contributed by atoms with van der Waals surface area (Å²) in [6.45, 7) is 4.75. The smallest absolute Gasteiger partial charge is 0.276 e. The minimum atomic E-state index is -0.188. The summed E-state index contributed by atoms with van der Waals surface area (Å²) in [6.07, 6.45) is 3.33. The highest BCUT2D eigenvalue weighted by Gasteiger charge is 2.11. The number of thiophene rings is 1. The fraction of sp³-hybridized carbons (Fsp3) is 0.308. The van der Waals surface area contributed by atoms with Crippen LogP contribution in [0.2, 0.25) is 0 Å². The molecule has 6 nitrogen and oxygen atoms in total. The lowest BCUT2D eigenvalue weighted by atomic mass is 10.3. The van der Waals surface area contributed by atoms with Crippen LogP contribution in [-0.4, -0.2) is 24.5 Å². The van der Waals surface area contributed by atoms with Crippen molar-refractivity contribution >= 4 is 11.3 Å². The van der Waals surface area contributed by atoms with Gasteiger partial charge in [0.15, 0.2) is 0 Å². The Labute approximate surface area is 119 Å². The maximum atomic E-state index is 11.4. The predicted molar refractivity (Wildman–Crippen MR) is 77.9 cm³/mol. The van der Waals surface area contributed by atoms with E-state index in [-0.39, 0.29) is 5.69 Å². The summed E-state index contributed by atoms with van der Waals surface area (Å²) in [4.78, 5) is 13.7. The van der Waals surface area contributed by atoms with Crippen LogP contribution < -0.4 is 5.69 Å². The molecule has 0 aliphatic carbocycles. The first-order chi connectivity index (χ1) is 9.65. The normalized spacial score (nSPS) is 11.3. The molecule has 0 aliphatic heterocycles. The van der Waals surface area contributed by atoms with Gasteiger partial charge in [0, 0.05) is 17.1 Å². The molecule has 7 heteroatoms. The summed E-state index contributed by atoms with van der Waals surface area (Å²) < 4.78 is 3.55. The van der Waals surface area contributed by atoms with Gasteiger partial charge in [-0.15, -0.1) is 11.3 Å². The van der Waals surface area contributed by atoms with Crippen molar-refractivity contribution in [2.24, 2.45) is 0 Å². The summed E-state index contributed by atoms with van der Waals surface area (Å²) in [5, 5.41) is 10.5. The molecule has 20 heavy (non-hydrogen) atoms. The van der Waals surface area contributed by atoms with E-state index >= 15 is 0 Å². The lowest BCUT2D eigenvalue weighted by molar-refractivity contribution is 0.539. The Hall–Kier alpha value is -2.15. The van der Waals surface area contributed by atoms with Gasteiger partial charge in [-0.05, 0) is 32.0 Å². The van der Waals surface area contributed by atoms with Crippen molar-refractivity contribution in [3.05, 3.63) is 46.1 Å². The molecule has 0 saturated carbocycles. The van der Waals surface area contributed by atoms with Crippen LogP contribution in [0.1, 0.15) is 24.8 Å². The first-order valence-electron chi connectivity index (χ1n) is 6.37. The van der Waals surface area contributed by atoms with Gasteiger partial charge < -0.3 is 0 Å². The van der Waals surface area contributed by atoms with Crippen LogP contribution in [0.3, 0.4) is 0 Å². The van der Waals surface area contributed by atoms with Crippen LogP contribution in [0.5, 0.6) is 0 Å². The second-order valence-electron chi connectivity index (χ2n) is 4.81. The minimum absolute atomic E-state index is 0.188. The van der Waals surface area contributed by atoms with E-state index in [1.807, 2.05) is 23.0 Å². The van der Waals surface area contributed by atoms with Crippen LogP contribution >= 0.6 is 11.3 Å². The fourth-order valence-electron chi connectivity index (χ4n) is 2.07. The highest BCUT2D eigenvalue weighted by molar-refractivity contribution is 7.15. The first kappa shape index (κ1) is 12.9. The molecule has 104 valence electrons. The lowest BCUT2D eigenvalue weighted by Gasteiger charge is -2.09. The average Bonchev–Trinajstić information content (AvgIpc) is 3.11. The Morgan fingerprint density at radius 1 is 1.35 bits per heavy atom. The van der Waals surface area contributed by atoms with E-state index in [0.717, 1.165) is 15.4 Å². The number of hydrogen-bond donors (Lipinski definition) is 1. The molecule has 3 heterocycles. The van der Waals surface area contributed by atoms with Gasteiger partial charge in [-0.3, -0.25) is 9.25 Å². The molecule has 0 saturated heterocycles. The van der Waals surface area contributed by atoms with Crippen LogP contribution in [0.15, 0.2) is 35.5 Å². The predicted octanol–water partition coefficient (Wildman–Crippen LogP) is 2.13. The number of H-pyrrole nitrogens is 1. The van der Waals surface area contributed by atoms with E-state index < -0.39 is 0 Å². The molecule has 3 rings (SSSR count). The second-order valence-corrected chi connectivity index (χ2v) is 5.98. The second kappa shape index (κ2) is 5.09. The van der Waals surface area contributed by atoms with Crippen LogP contribution in [-0.2, 0) is 6.54 Å². The molecule has 0 unspecified atom stereocenters. The summed E-state index contributed by atoms with van der Waals surface area (Å²) >= 11 is 1.67. The molecule has 0 aliphatic rings. The first-order valence-corrected chi connectivity index (χ1v) is 7.19. The van der Waals surface area contributed by atoms with Crippen LogP contribution in [0, 0.1) is 0 Å². The number of rotatable bonds is 4. The molecule has 1 N–H and O–H groups in total. The molecule has 0 atom stereocenters. The SMILES string of the molecule is CC(C)n1nccc1-c1ccc(Cn2cn[nH]c2=O)s1. The average molecular weight is 289 g/mol. The molecule has 0 spiro atoms. The van der Waals surface area contributed by atoms with Crippen molar-refractivity contribution in [2.45, 2.75) is 26.4 Å². The van der Waals surface area contributed by atoms with Crippen molar-refractivity contribution in [1.82, 2.24) is 24.5 Å². The molecule has 0 aromatic carbocycles. The van der Waals surface area contributed by atoms with Gasteiger partial charge in [0.1, 0.15) is 6.33 Å². The zero-order chi connectivity index (χ0) is 14.1. The van der Waals surface area contributed by atoms with Gasteiger partial charge >= 0.3 is 5.69 Å². The quantitative estimate of drug-likeness (QED) is 0.800. The number of aromatic amines is 1. The van der Waals surface area contributed by atoms with Gasteiger partial charge in [-0.25, -0.2) is 9.89 Å². The molecular formula is C13H15N5OS. The fourth-order valence-corrected chi connectivity index (χ4v) is 3.10. The minimum Gasteiger partial charge on any atom is -0.276 e. The topological polar surface area (TPSA) is 68.5 Å².